The van der Waals surface area contributed by atoms with Crippen molar-refractivity contribution in [3.63, 3.8) is 0 Å². The Morgan fingerprint density at radius 1 is 1.26 bits per heavy atom. The maximum atomic E-state index is 5.63. The molecule has 1 saturated heterocycles. The van der Waals surface area contributed by atoms with Gasteiger partial charge in [-0.25, -0.2) is 0 Å². The van der Waals surface area contributed by atoms with Crippen LogP contribution < -0.4 is 10.6 Å². The fourth-order valence-corrected chi connectivity index (χ4v) is 3.95. The molecule has 0 bridgehead atoms. The van der Waals surface area contributed by atoms with E-state index in [4.69, 9.17) is 4.74 Å². The van der Waals surface area contributed by atoms with Gasteiger partial charge in [-0.05, 0) is 37.5 Å². The first-order valence-corrected chi connectivity index (χ1v) is 7.95. The third-order valence-electron chi connectivity index (χ3n) is 5.05. The highest BCUT2D eigenvalue weighted by Crippen LogP contribution is 2.38. The second-order valence-corrected chi connectivity index (χ2v) is 6.39. The molecule has 112 valence electrons. The topological polar surface area (TPSA) is 33.3 Å². The van der Waals surface area contributed by atoms with Crippen molar-refractivity contribution < 1.29 is 4.74 Å². The third kappa shape index (κ3) is 3.84. The molecule has 0 aromatic rings. The Hall–Kier alpha value is 0.170. The first kappa shape index (κ1) is 15.6. The molecule has 3 fully saturated rings. The molecule has 0 spiro atoms. The fourth-order valence-electron chi connectivity index (χ4n) is 3.95. The molecule has 1 heterocycles. The van der Waals surface area contributed by atoms with Gasteiger partial charge < -0.3 is 15.4 Å². The lowest BCUT2D eigenvalue weighted by molar-refractivity contribution is 0.0523. The molecule has 4 heteroatoms. The first-order valence-electron chi connectivity index (χ1n) is 7.95. The van der Waals surface area contributed by atoms with E-state index in [9.17, 15) is 0 Å². The number of morpholine rings is 1. The predicted octanol–water partition coefficient (Wildman–Crippen LogP) is 2.34. The summed E-state index contributed by atoms with van der Waals surface area (Å²) < 4.78 is 5.63. The molecule has 19 heavy (non-hydrogen) atoms. The summed E-state index contributed by atoms with van der Waals surface area (Å²) >= 11 is 0. The van der Waals surface area contributed by atoms with Crippen LogP contribution >= 0.6 is 12.4 Å². The number of ether oxygens (including phenoxy) is 1. The van der Waals surface area contributed by atoms with Crippen molar-refractivity contribution in [2.45, 2.75) is 63.6 Å². The van der Waals surface area contributed by atoms with Crippen LogP contribution in [0.3, 0.4) is 0 Å². The molecule has 0 aromatic carbocycles. The zero-order valence-electron chi connectivity index (χ0n) is 12.1. The van der Waals surface area contributed by atoms with Crippen molar-refractivity contribution in [2.75, 3.05) is 19.8 Å². The van der Waals surface area contributed by atoms with E-state index in [1.807, 2.05) is 0 Å². The SMILES string of the molecule is CCC[C@@H]1C[C@H]1NC1CCCC1C1COCCN1.Cl. The van der Waals surface area contributed by atoms with Gasteiger partial charge in [0.2, 0.25) is 0 Å². The summed E-state index contributed by atoms with van der Waals surface area (Å²) in [5.41, 5.74) is 0. The largest absolute Gasteiger partial charge is 0.379 e. The van der Waals surface area contributed by atoms with Crippen LogP contribution in [0.4, 0.5) is 0 Å². The van der Waals surface area contributed by atoms with Crippen LogP contribution in [-0.4, -0.2) is 37.9 Å². The fraction of sp³-hybridized carbons (Fsp3) is 1.00. The number of hydrogen-bond acceptors (Lipinski definition) is 3. The molecule has 0 aromatic heterocycles. The zero-order valence-corrected chi connectivity index (χ0v) is 12.9. The predicted molar refractivity (Wildman–Crippen MR) is 80.9 cm³/mol. The molecule has 3 nitrogen and oxygen atoms in total. The molecule has 3 unspecified atom stereocenters. The van der Waals surface area contributed by atoms with Crippen LogP contribution in [-0.2, 0) is 4.74 Å². The van der Waals surface area contributed by atoms with Crippen molar-refractivity contribution in [3.8, 4) is 0 Å². The molecule has 1 aliphatic heterocycles. The Morgan fingerprint density at radius 2 is 2.16 bits per heavy atom. The van der Waals surface area contributed by atoms with E-state index >= 15 is 0 Å². The normalized spacial score (nSPS) is 41.8. The summed E-state index contributed by atoms with van der Waals surface area (Å²) in [5, 5.41) is 7.60. The van der Waals surface area contributed by atoms with Gasteiger partial charge in [0.05, 0.1) is 13.2 Å². The lowest BCUT2D eigenvalue weighted by atomic mass is 9.94. The standard InChI is InChI=1S/C15H28N2O.ClH/c1-2-4-11-9-14(11)17-13-6-3-5-12(13)15-10-18-8-7-16-15;/h11-17H,2-10H2,1H3;1H/t11-,12?,13?,14-,15?;/m1./s1. The smallest absolute Gasteiger partial charge is 0.0623 e. The highest BCUT2D eigenvalue weighted by atomic mass is 35.5. The Morgan fingerprint density at radius 3 is 2.89 bits per heavy atom. The lowest BCUT2D eigenvalue weighted by Gasteiger charge is -2.33. The van der Waals surface area contributed by atoms with Crippen LogP contribution in [0.5, 0.6) is 0 Å². The van der Waals surface area contributed by atoms with Gasteiger partial charge in [0.25, 0.3) is 0 Å². The van der Waals surface area contributed by atoms with E-state index in [1.165, 1.54) is 38.5 Å². The van der Waals surface area contributed by atoms with Crippen LogP contribution in [0.25, 0.3) is 0 Å². The molecular formula is C15H29ClN2O. The maximum absolute atomic E-state index is 5.63. The number of hydrogen-bond donors (Lipinski definition) is 2. The summed E-state index contributed by atoms with van der Waals surface area (Å²) in [4.78, 5) is 0. The van der Waals surface area contributed by atoms with Gasteiger partial charge >= 0.3 is 0 Å². The van der Waals surface area contributed by atoms with Gasteiger partial charge in [-0.2, -0.15) is 0 Å². The van der Waals surface area contributed by atoms with Crippen molar-refractivity contribution in [1.29, 1.82) is 0 Å². The quantitative estimate of drug-likeness (QED) is 0.815. The monoisotopic (exact) mass is 288 g/mol. The minimum Gasteiger partial charge on any atom is -0.379 e. The van der Waals surface area contributed by atoms with E-state index in [-0.39, 0.29) is 12.4 Å². The van der Waals surface area contributed by atoms with Crippen LogP contribution in [0.1, 0.15) is 45.4 Å². The second-order valence-electron chi connectivity index (χ2n) is 6.39. The summed E-state index contributed by atoms with van der Waals surface area (Å²) in [7, 11) is 0. The second kappa shape index (κ2) is 7.26. The average molecular weight is 289 g/mol. The van der Waals surface area contributed by atoms with Crippen molar-refractivity contribution in [1.82, 2.24) is 10.6 Å². The Labute approximate surface area is 123 Å². The molecule has 0 amide bonds. The zero-order chi connectivity index (χ0) is 12.4. The summed E-state index contributed by atoms with van der Waals surface area (Å²) in [5.74, 6) is 1.78. The van der Waals surface area contributed by atoms with Gasteiger partial charge in [-0.1, -0.05) is 19.8 Å². The van der Waals surface area contributed by atoms with Gasteiger partial charge in [0.15, 0.2) is 0 Å². The van der Waals surface area contributed by atoms with E-state index < -0.39 is 0 Å². The summed E-state index contributed by atoms with van der Waals surface area (Å²) in [6.07, 6.45) is 8.33. The molecule has 0 radical (unpaired) electrons. The van der Waals surface area contributed by atoms with Crippen molar-refractivity contribution in [3.05, 3.63) is 0 Å². The van der Waals surface area contributed by atoms with Crippen LogP contribution in [0.15, 0.2) is 0 Å². The summed E-state index contributed by atoms with van der Waals surface area (Å²) in [6, 6.07) is 2.18. The van der Waals surface area contributed by atoms with E-state index in [2.05, 4.69) is 17.6 Å². The van der Waals surface area contributed by atoms with Gasteiger partial charge in [0.1, 0.15) is 0 Å². The molecule has 3 rings (SSSR count). The maximum Gasteiger partial charge on any atom is 0.0623 e. The average Bonchev–Trinajstić information content (AvgIpc) is 2.96. The van der Waals surface area contributed by atoms with E-state index in [0.29, 0.717) is 6.04 Å². The minimum atomic E-state index is 0. The lowest BCUT2D eigenvalue weighted by Crippen LogP contribution is -2.51. The van der Waals surface area contributed by atoms with Crippen LogP contribution in [0.2, 0.25) is 0 Å². The van der Waals surface area contributed by atoms with Crippen molar-refractivity contribution in [2.24, 2.45) is 11.8 Å². The van der Waals surface area contributed by atoms with E-state index in [1.54, 1.807) is 0 Å². The Balaban J connectivity index is 0.00000133. The summed E-state index contributed by atoms with van der Waals surface area (Å²) in [6.45, 7) is 5.15. The minimum absolute atomic E-state index is 0. The highest BCUT2D eigenvalue weighted by Gasteiger charge is 2.41. The molecular weight excluding hydrogens is 260 g/mol. The number of nitrogens with one attached hydrogen (secondary N) is 2. The van der Waals surface area contributed by atoms with Crippen molar-refractivity contribution >= 4 is 12.4 Å². The third-order valence-corrected chi connectivity index (χ3v) is 5.05. The van der Waals surface area contributed by atoms with E-state index in [0.717, 1.165) is 43.7 Å². The Bertz CT molecular complexity index is 271. The molecule has 3 aliphatic rings. The van der Waals surface area contributed by atoms with Gasteiger partial charge in [-0.3, -0.25) is 0 Å². The molecule has 5 atom stereocenters. The molecule has 2 saturated carbocycles. The number of halogens is 1. The molecule has 2 N–H and O–H groups in total. The first-order chi connectivity index (χ1) is 8.88. The van der Waals surface area contributed by atoms with Gasteiger partial charge in [-0.15, -0.1) is 12.4 Å². The molecule has 2 aliphatic carbocycles. The Kier molecular flexibility index (Phi) is 5.94. The van der Waals surface area contributed by atoms with Crippen LogP contribution in [0, 0.1) is 11.8 Å². The number of rotatable bonds is 5. The van der Waals surface area contributed by atoms with Gasteiger partial charge in [0, 0.05) is 24.7 Å². The highest BCUT2D eigenvalue weighted by molar-refractivity contribution is 5.85.